The summed E-state index contributed by atoms with van der Waals surface area (Å²) < 4.78 is 5.07. The first-order valence-electron chi connectivity index (χ1n) is 6.05. The third kappa shape index (κ3) is 4.47. The Kier molecular flexibility index (Phi) is 5.31. The van der Waals surface area contributed by atoms with E-state index in [4.69, 9.17) is 10.5 Å². The number of ether oxygens (including phenoxy) is 1. The summed E-state index contributed by atoms with van der Waals surface area (Å²) >= 11 is 0. The van der Waals surface area contributed by atoms with Crippen LogP contribution in [0, 0.1) is 0 Å². The van der Waals surface area contributed by atoms with Crippen molar-refractivity contribution in [3.8, 4) is 0 Å². The number of hydrogen-bond donors (Lipinski definition) is 2. The maximum Gasteiger partial charge on any atom is 0.224 e. The second kappa shape index (κ2) is 6.52. The van der Waals surface area contributed by atoms with Crippen molar-refractivity contribution in [1.82, 2.24) is 5.32 Å². The normalized spacial score (nSPS) is 11.3. The highest BCUT2D eigenvalue weighted by molar-refractivity contribution is 5.79. The number of nitrogens with one attached hydrogen (secondary N) is 1. The van der Waals surface area contributed by atoms with Gasteiger partial charge in [0.15, 0.2) is 0 Å². The molecule has 0 saturated carbocycles. The Balaban J connectivity index is 2.65. The predicted octanol–water partition coefficient (Wildman–Crippen LogP) is 1.23. The van der Waals surface area contributed by atoms with Crippen molar-refractivity contribution < 1.29 is 9.53 Å². The van der Waals surface area contributed by atoms with Crippen LogP contribution >= 0.6 is 0 Å². The molecule has 0 bridgehead atoms. The van der Waals surface area contributed by atoms with Crippen molar-refractivity contribution in [3.05, 3.63) is 35.4 Å². The third-order valence-electron chi connectivity index (χ3n) is 2.67. The van der Waals surface area contributed by atoms with Gasteiger partial charge in [-0.25, -0.2) is 0 Å². The third-order valence-corrected chi connectivity index (χ3v) is 2.67. The number of nitrogens with two attached hydrogens (primary N) is 1. The smallest absolute Gasteiger partial charge is 0.224 e. The molecule has 0 aromatic heterocycles. The molecule has 100 valence electrons. The molecule has 1 aromatic rings. The van der Waals surface area contributed by atoms with Gasteiger partial charge in [0.25, 0.3) is 0 Å². The maximum atomic E-state index is 12.0. The van der Waals surface area contributed by atoms with Crippen LogP contribution in [-0.4, -0.2) is 25.2 Å². The first-order chi connectivity index (χ1) is 8.48. The molecule has 18 heavy (non-hydrogen) atoms. The molecular formula is C14H22N2O2. The molecule has 4 heteroatoms. The second-order valence-corrected chi connectivity index (χ2v) is 5.01. The highest BCUT2D eigenvalue weighted by Gasteiger charge is 2.20. The monoisotopic (exact) mass is 250 g/mol. The van der Waals surface area contributed by atoms with Gasteiger partial charge >= 0.3 is 0 Å². The van der Waals surface area contributed by atoms with Crippen molar-refractivity contribution in [2.45, 2.75) is 32.4 Å². The predicted molar refractivity (Wildman–Crippen MR) is 72.1 cm³/mol. The van der Waals surface area contributed by atoms with Gasteiger partial charge in [0.05, 0.1) is 18.6 Å². The Hall–Kier alpha value is -1.39. The number of amides is 1. The molecule has 0 heterocycles. The van der Waals surface area contributed by atoms with Crippen LogP contribution in [0.1, 0.15) is 25.0 Å². The van der Waals surface area contributed by atoms with Gasteiger partial charge in [0.1, 0.15) is 0 Å². The molecule has 0 aliphatic carbocycles. The first-order valence-corrected chi connectivity index (χ1v) is 6.05. The number of hydrogen-bond acceptors (Lipinski definition) is 3. The Morgan fingerprint density at radius 1 is 1.33 bits per heavy atom. The SMILES string of the molecule is COCC(C)(C)NC(=O)Cc1ccccc1CN. The van der Waals surface area contributed by atoms with Gasteiger partial charge < -0.3 is 15.8 Å². The number of benzene rings is 1. The van der Waals surface area contributed by atoms with E-state index in [-0.39, 0.29) is 11.4 Å². The van der Waals surface area contributed by atoms with Gasteiger partial charge in [0.2, 0.25) is 5.91 Å². The van der Waals surface area contributed by atoms with Crippen LogP contribution in [0.2, 0.25) is 0 Å². The zero-order chi connectivity index (χ0) is 13.6. The van der Waals surface area contributed by atoms with Crippen LogP contribution in [-0.2, 0) is 22.5 Å². The Bertz CT molecular complexity index is 403. The molecule has 1 amide bonds. The summed E-state index contributed by atoms with van der Waals surface area (Å²) in [5, 5.41) is 2.95. The maximum absolute atomic E-state index is 12.0. The summed E-state index contributed by atoms with van der Waals surface area (Å²) in [7, 11) is 1.62. The molecule has 3 N–H and O–H groups in total. The molecule has 1 rings (SSSR count). The van der Waals surface area contributed by atoms with Crippen molar-refractivity contribution >= 4 is 5.91 Å². The summed E-state index contributed by atoms with van der Waals surface area (Å²) in [6, 6.07) is 7.73. The average Bonchev–Trinajstić information content (AvgIpc) is 2.28. The van der Waals surface area contributed by atoms with E-state index >= 15 is 0 Å². The average molecular weight is 250 g/mol. The lowest BCUT2D eigenvalue weighted by Crippen LogP contribution is -2.47. The molecule has 0 saturated heterocycles. The zero-order valence-electron chi connectivity index (χ0n) is 11.3. The van der Waals surface area contributed by atoms with E-state index in [1.165, 1.54) is 0 Å². The van der Waals surface area contributed by atoms with Gasteiger partial charge in [0, 0.05) is 13.7 Å². The van der Waals surface area contributed by atoms with Gasteiger partial charge in [-0.1, -0.05) is 24.3 Å². The van der Waals surface area contributed by atoms with E-state index < -0.39 is 0 Å². The van der Waals surface area contributed by atoms with Crippen LogP contribution in [0.3, 0.4) is 0 Å². The summed E-state index contributed by atoms with van der Waals surface area (Å²) in [4.78, 5) is 12.0. The van der Waals surface area contributed by atoms with E-state index in [2.05, 4.69) is 5.32 Å². The zero-order valence-corrected chi connectivity index (χ0v) is 11.3. The van der Waals surface area contributed by atoms with Crippen LogP contribution in [0.25, 0.3) is 0 Å². The second-order valence-electron chi connectivity index (χ2n) is 5.01. The summed E-state index contributed by atoms with van der Waals surface area (Å²) in [5.74, 6) is -0.0158. The Morgan fingerprint density at radius 2 is 1.94 bits per heavy atom. The van der Waals surface area contributed by atoms with Crippen LogP contribution in [0.15, 0.2) is 24.3 Å². The molecule has 0 aliphatic heterocycles. The van der Waals surface area contributed by atoms with Crippen molar-refractivity contribution in [2.75, 3.05) is 13.7 Å². The van der Waals surface area contributed by atoms with Crippen LogP contribution < -0.4 is 11.1 Å². The lowest BCUT2D eigenvalue weighted by atomic mass is 10.0. The lowest BCUT2D eigenvalue weighted by molar-refractivity contribution is -0.122. The molecular weight excluding hydrogens is 228 g/mol. The summed E-state index contributed by atoms with van der Waals surface area (Å²) in [5.41, 5.74) is 7.28. The molecule has 4 nitrogen and oxygen atoms in total. The quantitative estimate of drug-likeness (QED) is 0.798. The highest BCUT2D eigenvalue weighted by Crippen LogP contribution is 2.10. The van der Waals surface area contributed by atoms with E-state index in [1.807, 2.05) is 38.1 Å². The number of methoxy groups -OCH3 is 1. The van der Waals surface area contributed by atoms with E-state index in [0.29, 0.717) is 19.6 Å². The van der Waals surface area contributed by atoms with Crippen LogP contribution in [0.4, 0.5) is 0 Å². The largest absolute Gasteiger partial charge is 0.382 e. The van der Waals surface area contributed by atoms with Gasteiger partial charge in [-0.3, -0.25) is 4.79 Å². The molecule has 0 aliphatic rings. The fourth-order valence-corrected chi connectivity index (χ4v) is 1.92. The Morgan fingerprint density at radius 3 is 2.50 bits per heavy atom. The number of carbonyl (C=O) groups is 1. The molecule has 0 radical (unpaired) electrons. The van der Waals surface area contributed by atoms with Crippen LogP contribution in [0.5, 0.6) is 0 Å². The van der Waals surface area contributed by atoms with Crippen molar-refractivity contribution in [3.63, 3.8) is 0 Å². The standard InChI is InChI=1S/C14H22N2O2/c1-14(2,10-18-3)16-13(17)8-11-6-4-5-7-12(11)9-15/h4-7H,8-10,15H2,1-3H3,(H,16,17). The lowest BCUT2D eigenvalue weighted by Gasteiger charge is -2.25. The van der Waals surface area contributed by atoms with Crippen molar-refractivity contribution in [1.29, 1.82) is 0 Å². The van der Waals surface area contributed by atoms with E-state index in [0.717, 1.165) is 11.1 Å². The number of carbonyl (C=O) groups excluding carboxylic acids is 1. The fraction of sp³-hybridized carbons (Fsp3) is 0.500. The molecule has 1 aromatic carbocycles. The summed E-state index contributed by atoms with van der Waals surface area (Å²) in [6.45, 7) is 4.80. The van der Waals surface area contributed by atoms with Gasteiger partial charge in [-0.05, 0) is 25.0 Å². The molecule has 0 spiro atoms. The topological polar surface area (TPSA) is 64.3 Å². The van der Waals surface area contributed by atoms with Gasteiger partial charge in [-0.2, -0.15) is 0 Å². The minimum Gasteiger partial charge on any atom is -0.382 e. The van der Waals surface area contributed by atoms with Gasteiger partial charge in [-0.15, -0.1) is 0 Å². The highest BCUT2D eigenvalue weighted by atomic mass is 16.5. The number of rotatable bonds is 6. The first kappa shape index (κ1) is 14.7. The van der Waals surface area contributed by atoms with E-state index in [9.17, 15) is 4.79 Å². The molecule has 0 unspecified atom stereocenters. The van der Waals surface area contributed by atoms with E-state index in [1.54, 1.807) is 7.11 Å². The Labute approximate surface area is 109 Å². The molecule has 0 fully saturated rings. The molecule has 0 atom stereocenters. The summed E-state index contributed by atoms with van der Waals surface area (Å²) in [6.07, 6.45) is 0.348. The fourth-order valence-electron chi connectivity index (χ4n) is 1.92. The van der Waals surface area contributed by atoms with Crippen molar-refractivity contribution in [2.24, 2.45) is 5.73 Å². The minimum absolute atomic E-state index is 0.0158. The minimum atomic E-state index is -0.358.